The first-order valence-electron chi connectivity index (χ1n) is 9.37. The molecule has 2 aromatic rings. The van der Waals surface area contributed by atoms with Crippen LogP contribution in [0.2, 0.25) is 5.02 Å². The zero-order valence-electron chi connectivity index (χ0n) is 16.3. The number of hydrogen-bond donors (Lipinski definition) is 3. The van der Waals surface area contributed by atoms with Gasteiger partial charge in [-0.2, -0.15) is 13.2 Å². The second-order valence-electron chi connectivity index (χ2n) is 7.22. The van der Waals surface area contributed by atoms with Gasteiger partial charge in [0.2, 0.25) is 0 Å². The van der Waals surface area contributed by atoms with E-state index in [1.54, 1.807) is 17.0 Å². The van der Waals surface area contributed by atoms with Gasteiger partial charge in [-0.3, -0.25) is 4.72 Å². The quantitative estimate of drug-likeness (QED) is 0.555. The summed E-state index contributed by atoms with van der Waals surface area (Å²) in [5, 5.41) is 12.6. The third-order valence-electron chi connectivity index (χ3n) is 4.85. The van der Waals surface area contributed by atoms with Crippen molar-refractivity contribution in [3.63, 3.8) is 0 Å². The van der Waals surface area contributed by atoms with Crippen LogP contribution in [-0.4, -0.2) is 48.8 Å². The number of piperidine rings is 1. The van der Waals surface area contributed by atoms with Crippen molar-refractivity contribution in [3.05, 3.63) is 34.1 Å². The van der Waals surface area contributed by atoms with Crippen LogP contribution in [0.1, 0.15) is 25.7 Å². The number of alkyl halides is 3. The van der Waals surface area contributed by atoms with E-state index in [1.807, 2.05) is 0 Å². The fourth-order valence-electron chi connectivity index (χ4n) is 3.48. The summed E-state index contributed by atoms with van der Waals surface area (Å²) in [7, 11) is -3.72. The molecule has 14 heteroatoms. The molecule has 0 radical (unpaired) electrons. The van der Waals surface area contributed by atoms with Crippen LogP contribution in [0, 0.1) is 0 Å². The van der Waals surface area contributed by atoms with Gasteiger partial charge in [0.25, 0.3) is 10.0 Å². The molecule has 2 aliphatic rings. The van der Waals surface area contributed by atoms with E-state index in [9.17, 15) is 21.6 Å². The highest BCUT2D eigenvalue weighted by Gasteiger charge is 2.38. The molecular weight excluding hydrogens is 495 g/mol. The topological polar surface area (TPSA) is 118 Å². The maximum absolute atomic E-state index is 12.4. The Morgan fingerprint density at radius 2 is 1.91 bits per heavy atom. The van der Waals surface area contributed by atoms with Gasteiger partial charge in [0, 0.05) is 17.5 Å². The Kier molecular flexibility index (Phi) is 7.53. The molecule has 2 atom stereocenters. The predicted molar refractivity (Wildman–Crippen MR) is 112 cm³/mol. The maximum Gasteiger partial charge on any atom is 0.490 e. The van der Waals surface area contributed by atoms with Crippen LogP contribution in [0.25, 0.3) is 0 Å². The minimum atomic E-state index is -5.08. The lowest BCUT2D eigenvalue weighted by molar-refractivity contribution is -0.192. The van der Waals surface area contributed by atoms with E-state index in [1.165, 1.54) is 36.3 Å². The van der Waals surface area contributed by atoms with E-state index in [4.69, 9.17) is 26.2 Å². The standard InChI is InChI=1S/C16H18ClN3O3S2.C2HF3O2/c17-14-7-13(25(21,22)20-16-8-24-9-18-16)3-4-15(14)23-12-5-10-1-2-11(6-12)19-10;3-2(4,5)1(6)7/h3-4,7-12,19-20H,1-2,5-6H2;(H,6,7)/t10-,11-;/m0./s1. The SMILES string of the molecule is O=C(O)C(F)(F)F.O=S(=O)(Nc1cscn1)c1ccc(OC2C[C@@H]3CC[C@@H](C2)N3)c(Cl)c1. The van der Waals surface area contributed by atoms with Crippen LogP contribution in [-0.2, 0) is 14.8 Å². The average molecular weight is 514 g/mol. The summed E-state index contributed by atoms with van der Waals surface area (Å²) in [6, 6.07) is 5.59. The molecule has 2 fully saturated rings. The highest BCUT2D eigenvalue weighted by Crippen LogP contribution is 2.33. The lowest BCUT2D eigenvalue weighted by atomic mass is 10.0. The molecule has 4 rings (SSSR count). The molecule has 0 unspecified atom stereocenters. The van der Waals surface area contributed by atoms with E-state index in [0.717, 1.165) is 12.8 Å². The minimum Gasteiger partial charge on any atom is -0.489 e. The molecule has 0 aliphatic carbocycles. The van der Waals surface area contributed by atoms with Crippen LogP contribution in [0.15, 0.2) is 34.0 Å². The summed E-state index contributed by atoms with van der Waals surface area (Å²) in [6.07, 6.45) is -0.668. The summed E-state index contributed by atoms with van der Waals surface area (Å²) >= 11 is 7.60. The third-order valence-corrected chi connectivity index (χ3v) is 7.09. The molecule has 3 heterocycles. The van der Waals surface area contributed by atoms with Crippen LogP contribution < -0.4 is 14.8 Å². The number of carbonyl (C=O) groups is 1. The first-order valence-corrected chi connectivity index (χ1v) is 12.2. The van der Waals surface area contributed by atoms with Crippen molar-refractivity contribution in [2.24, 2.45) is 0 Å². The molecule has 176 valence electrons. The van der Waals surface area contributed by atoms with Crippen LogP contribution in [0.5, 0.6) is 5.75 Å². The second-order valence-corrected chi connectivity index (χ2v) is 10.0. The molecule has 1 aromatic carbocycles. The van der Waals surface area contributed by atoms with Gasteiger partial charge >= 0.3 is 12.1 Å². The number of sulfonamides is 1. The van der Waals surface area contributed by atoms with Gasteiger partial charge < -0.3 is 15.2 Å². The lowest BCUT2D eigenvalue weighted by Gasteiger charge is -2.29. The minimum absolute atomic E-state index is 0.0863. The van der Waals surface area contributed by atoms with Gasteiger partial charge in [-0.1, -0.05) is 11.6 Å². The Labute approximate surface area is 190 Å². The number of rotatable bonds is 5. The Balaban J connectivity index is 0.000000360. The lowest BCUT2D eigenvalue weighted by Crippen LogP contribution is -2.42. The van der Waals surface area contributed by atoms with Crippen molar-refractivity contribution in [2.75, 3.05) is 4.72 Å². The van der Waals surface area contributed by atoms with Crippen molar-refractivity contribution in [2.45, 2.75) is 54.9 Å². The van der Waals surface area contributed by atoms with Crippen molar-refractivity contribution in [3.8, 4) is 5.75 Å². The van der Waals surface area contributed by atoms with Gasteiger partial charge in [0.15, 0.2) is 5.82 Å². The fourth-order valence-corrected chi connectivity index (χ4v) is 5.36. The molecule has 32 heavy (non-hydrogen) atoms. The number of nitrogens with zero attached hydrogens (tertiary/aromatic N) is 1. The molecule has 2 aliphatic heterocycles. The van der Waals surface area contributed by atoms with E-state index < -0.39 is 22.2 Å². The summed E-state index contributed by atoms with van der Waals surface area (Å²) in [4.78, 5) is 12.9. The molecule has 1 aromatic heterocycles. The summed E-state index contributed by atoms with van der Waals surface area (Å²) < 4.78 is 65.0. The number of nitrogens with one attached hydrogen (secondary N) is 2. The summed E-state index contributed by atoms with van der Waals surface area (Å²) in [5.74, 6) is -1.93. The summed E-state index contributed by atoms with van der Waals surface area (Å²) in [5.41, 5.74) is 1.56. The first-order chi connectivity index (χ1) is 14.9. The molecule has 8 nitrogen and oxygen atoms in total. The predicted octanol–water partition coefficient (Wildman–Crippen LogP) is 3.89. The number of fused-ring (bicyclic) bond motifs is 2. The zero-order chi connectivity index (χ0) is 23.5. The van der Waals surface area contributed by atoms with Crippen molar-refractivity contribution >= 4 is 44.7 Å². The fraction of sp³-hybridized carbons (Fsp3) is 0.444. The van der Waals surface area contributed by atoms with Crippen LogP contribution in [0.3, 0.4) is 0 Å². The number of thiazole rings is 1. The number of carboxylic acid groups (broad SMARTS) is 1. The third kappa shape index (κ3) is 6.47. The molecular formula is C18H19ClF3N3O5S2. The number of anilines is 1. The van der Waals surface area contributed by atoms with E-state index in [2.05, 4.69) is 15.0 Å². The molecule has 0 saturated carbocycles. The molecule has 0 amide bonds. The Morgan fingerprint density at radius 3 is 2.41 bits per heavy atom. The van der Waals surface area contributed by atoms with Gasteiger partial charge in [0.1, 0.15) is 11.9 Å². The number of aromatic nitrogens is 1. The van der Waals surface area contributed by atoms with Gasteiger partial charge in [0.05, 0.1) is 15.4 Å². The zero-order valence-corrected chi connectivity index (χ0v) is 18.7. The normalized spacial score (nSPS) is 22.6. The highest BCUT2D eigenvalue weighted by molar-refractivity contribution is 7.92. The Hall–Kier alpha value is -2.09. The molecule has 2 saturated heterocycles. The monoisotopic (exact) mass is 513 g/mol. The largest absolute Gasteiger partial charge is 0.490 e. The average Bonchev–Trinajstić information content (AvgIpc) is 3.32. The number of aliphatic carboxylic acids is 1. The van der Waals surface area contributed by atoms with E-state index in [-0.39, 0.29) is 11.0 Å². The van der Waals surface area contributed by atoms with Gasteiger partial charge in [-0.25, -0.2) is 18.2 Å². The summed E-state index contributed by atoms with van der Waals surface area (Å²) in [6.45, 7) is 0. The molecule has 3 N–H and O–H groups in total. The molecule has 0 spiro atoms. The van der Waals surface area contributed by atoms with E-state index in [0.29, 0.717) is 28.7 Å². The molecule has 2 bridgehead atoms. The highest BCUT2D eigenvalue weighted by atomic mass is 35.5. The smallest absolute Gasteiger partial charge is 0.489 e. The van der Waals surface area contributed by atoms with Crippen molar-refractivity contribution in [1.29, 1.82) is 0 Å². The maximum atomic E-state index is 12.4. The van der Waals surface area contributed by atoms with E-state index >= 15 is 0 Å². The number of ether oxygens (including phenoxy) is 1. The van der Waals surface area contributed by atoms with Gasteiger partial charge in [-0.15, -0.1) is 11.3 Å². The van der Waals surface area contributed by atoms with Gasteiger partial charge in [-0.05, 0) is 43.9 Å². The van der Waals surface area contributed by atoms with Crippen LogP contribution in [0.4, 0.5) is 19.0 Å². The van der Waals surface area contributed by atoms with Crippen molar-refractivity contribution in [1.82, 2.24) is 10.3 Å². The van der Waals surface area contributed by atoms with Crippen LogP contribution >= 0.6 is 22.9 Å². The van der Waals surface area contributed by atoms with Crippen molar-refractivity contribution < 1.29 is 36.2 Å². The number of benzene rings is 1. The number of hydrogen-bond acceptors (Lipinski definition) is 7. The number of halogens is 4. The number of carboxylic acids is 1. The Bertz CT molecular complexity index is 1040. The first kappa shape index (κ1) is 24.6. The Morgan fingerprint density at radius 1 is 1.28 bits per heavy atom. The second kappa shape index (κ2) is 9.81.